The molecule has 0 unspecified atom stereocenters. The molecule has 4 nitrogen and oxygen atoms in total. The molecule has 2 aromatic rings. The van der Waals surface area contributed by atoms with Crippen molar-refractivity contribution in [3.05, 3.63) is 63.2 Å². The van der Waals surface area contributed by atoms with Crippen LogP contribution in [0.15, 0.2) is 42.5 Å². The van der Waals surface area contributed by atoms with E-state index in [2.05, 4.69) is 0 Å². The number of ether oxygens (including phenoxy) is 1. The molecule has 0 atom stereocenters. The standard InChI is InChI=1S/C13H9Cl2NO3/c14-8-9-4-5-13(12(15)6-9)19-11-3-1-2-10(7-11)16(17)18/h1-7H,8H2. The SMILES string of the molecule is O=[N+]([O-])c1cccc(Oc2ccc(CCl)cc2Cl)c1. The third-order valence-corrected chi connectivity index (χ3v) is 3.01. The lowest BCUT2D eigenvalue weighted by molar-refractivity contribution is -0.384. The number of rotatable bonds is 4. The Bertz CT molecular complexity index is 617. The highest BCUT2D eigenvalue weighted by Gasteiger charge is 2.09. The molecule has 0 aliphatic carbocycles. The fraction of sp³-hybridized carbons (Fsp3) is 0.0769. The first-order valence-electron chi connectivity index (χ1n) is 5.37. The molecule has 0 saturated carbocycles. The summed E-state index contributed by atoms with van der Waals surface area (Å²) < 4.78 is 5.52. The Kier molecular flexibility index (Phi) is 4.24. The van der Waals surface area contributed by atoms with Crippen molar-refractivity contribution in [2.75, 3.05) is 0 Å². The van der Waals surface area contributed by atoms with Gasteiger partial charge in [-0.2, -0.15) is 0 Å². The van der Waals surface area contributed by atoms with Gasteiger partial charge in [-0.3, -0.25) is 10.1 Å². The van der Waals surface area contributed by atoms with Crippen LogP contribution in [0.4, 0.5) is 5.69 Å². The van der Waals surface area contributed by atoms with Gasteiger partial charge in [0.05, 0.1) is 16.0 Å². The van der Waals surface area contributed by atoms with Crippen LogP contribution in [0.1, 0.15) is 5.56 Å². The van der Waals surface area contributed by atoms with E-state index >= 15 is 0 Å². The average molecular weight is 298 g/mol. The Morgan fingerprint density at radius 3 is 2.63 bits per heavy atom. The van der Waals surface area contributed by atoms with Gasteiger partial charge in [-0.05, 0) is 23.8 Å². The molecule has 2 rings (SSSR count). The van der Waals surface area contributed by atoms with Crippen LogP contribution in [0.2, 0.25) is 5.02 Å². The number of hydrogen-bond donors (Lipinski definition) is 0. The summed E-state index contributed by atoms with van der Waals surface area (Å²) in [6.07, 6.45) is 0. The van der Waals surface area contributed by atoms with Crippen molar-refractivity contribution in [3.8, 4) is 11.5 Å². The van der Waals surface area contributed by atoms with Crippen molar-refractivity contribution in [3.63, 3.8) is 0 Å². The Labute approximate surface area is 119 Å². The van der Waals surface area contributed by atoms with Crippen LogP contribution in [0.5, 0.6) is 11.5 Å². The van der Waals surface area contributed by atoms with Crippen molar-refractivity contribution < 1.29 is 9.66 Å². The molecule has 0 N–H and O–H groups in total. The summed E-state index contributed by atoms with van der Waals surface area (Å²) in [7, 11) is 0. The molecule has 0 saturated heterocycles. The minimum atomic E-state index is -0.481. The molecular weight excluding hydrogens is 289 g/mol. The van der Waals surface area contributed by atoms with E-state index in [9.17, 15) is 10.1 Å². The molecule has 0 bridgehead atoms. The van der Waals surface area contributed by atoms with Crippen LogP contribution in [-0.4, -0.2) is 4.92 Å². The lowest BCUT2D eigenvalue weighted by Crippen LogP contribution is -1.90. The van der Waals surface area contributed by atoms with Crippen LogP contribution < -0.4 is 4.74 Å². The second kappa shape index (κ2) is 5.91. The molecule has 19 heavy (non-hydrogen) atoms. The minimum absolute atomic E-state index is 0.0361. The van der Waals surface area contributed by atoms with Crippen molar-refractivity contribution in [1.82, 2.24) is 0 Å². The zero-order valence-electron chi connectivity index (χ0n) is 9.68. The second-order valence-electron chi connectivity index (χ2n) is 3.75. The zero-order chi connectivity index (χ0) is 13.8. The number of nitro groups is 1. The van der Waals surface area contributed by atoms with Gasteiger partial charge in [0.25, 0.3) is 5.69 Å². The molecule has 0 heterocycles. The first kappa shape index (κ1) is 13.6. The first-order chi connectivity index (χ1) is 9.10. The Hall–Kier alpha value is -1.78. The molecule has 6 heteroatoms. The van der Waals surface area contributed by atoms with Crippen molar-refractivity contribution in [1.29, 1.82) is 0 Å². The molecule has 98 valence electrons. The number of non-ortho nitro benzene ring substituents is 1. The van der Waals surface area contributed by atoms with E-state index in [1.165, 1.54) is 12.1 Å². The normalized spacial score (nSPS) is 10.2. The average Bonchev–Trinajstić information content (AvgIpc) is 2.41. The number of alkyl halides is 1. The maximum absolute atomic E-state index is 10.7. The number of hydrogen-bond acceptors (Lipinski definition) is 3. The van der Waals surface area contributed by atoms with Gasteiger partial charge >= 0.3 is 0 Å². The lowest BCUT2D eigenvalue weighted by atomic mass is 10.2. The summed E-state index contributed by atoms with van der Waals surface area (Å²) in [5.74, 6) is 1.14. The molecular formula is C13H9Cl2NO3. The highest BCUT2D eigenvalue weighted by molar-refractivity contribution is 6.32. The molecule has 0 aliphatic heterocycles. The fourth-order valence-electron chi connectivity index (χ4n) is 1.50. The molecule has 0 radical (unpaired) electrons. The molecule has 0 fully saturated rings. The topological polar surface area (TPSA) is 52.4 Å². The summed E-state index contributed by atoms with van der Waals surface area (Å²) >= 11 is 11.7. The predicted molar refractivity (Wildman–Crippen MR) is 74.2 cm³/mol. The highest BCUT2D eigenvalue weighted by atomic mass is 35.5. The van der Waals surface area contributed by atoms with Crippen molar-refractivity contribution in [2.24, 2.45) is 0 Å². The smallest absolute Gasteiger partial charge is 0.273 e. The minimum Gasteiger partial charge on any atom is -0.456 e. The first-order valence-corrected chi connectivity index (χ1v) is 6.28. The Morgan fingerprint density at radius 1 is 1.21 bits per heavy atom. The van der Waals surface area contributed by atoms with Crippen LogP contribution in [0.25, 0.3) is 0 Å². The van der Waals surface area contributed by atoms with Crippen molar-refractivity contribution >= 4 is 28.9 Å². The summed E-state index contributed by atoms with van der Waals surface area (Å²) in [4.78, 5) is 10.2. The van der Waals surface area contributed by atoms with Gasteiger partial charge in [-0.1, -0.05) is 23.7 Å². The van der Waals surface area contributed by atoms with Crippen LogP contribution >= 0.6 is 23.2 Å². The highest BCUT2D eigenvalue weighted by Crippen LogP contribution is 2.31. The number of halogens is 2. The summed E-state index contributed by atoms with van der Waals surface area (Å²) in [5.41, 5.74) is 0.837. The van der Waals surface area contributed by atoms with E-state index in [0.29, 0.717) is 22.4 Å². The Morgan fingerprint density at radius 2 is 2.00 bits per heavy atom. The lowest BCUT2D eigenvalue weighted by Gasteiger charge is -2.08. The van der Waals surface area contributed by atoms with E-state index in [-0.39, 0.29) is 5.69 Å². The van der Waals surface area contributed by atoms with Crippen LogP contribution in [0.3, 0.4) is 0 Å². The third kappa shape index (κ3) is 3.36. The zero-order valence-corrected chi connectivity index (χ0v) is 11.2. The van der Waals surface area contributed by atoms with Crippen molar-refractivity contribution in [2.45, 2.75) is 5.88 Å². The van der Waals surface area contributed by atoms with E-state index in [1.54, 1.807) is 30.3 Å². The van der Waals surface area contributed by atoms with Gasteiger partial charge in [0.2, 0.25) is 0 Å². The summed E-state index contributed by atoms with van der Waals surface area (Å²) in [6.45, 7) is 0. The van der Waals surface area contributed by atoms with Crippen LogP contribution in [-0.2, 0) is 5.88 Å². The quantitative estimate of drug-likeness (QED) is 0.463. The fourth-order valence-corrected chi connectivity index (χ4v) is 1.91. The van der Waals surface area contributed by atoms with E-state index in [0.717, 1.165) is 5.56 Å². The van der Waals surface area contributed by atoms with Gasteiger partial charge in [0.1, 0.15) is 11.5 Å². The number of benzene rings is 2. The maximum atomic E-state index is 10.7. The molecule has 0 amide bonds. The van der Waals surface area contributed by atoms with Gasteiger partial charge in [0, 0.05) is 11.9 Å². The predicted octanol–water partition coefficient (Wildman–Crippen LogP) is 4.78. The van der Waals surface area contributed by atoms with Gasteiger partial charge in [0.15, 0.2) is 0 Å². The van der Waals surface area contributed by atoms with Crippen LogP contribution in [0, 0.1) is 10.1 Å². The molecule has 0 aliphatic rings. The molecule has 0 aromatic heterocycles. The van der Waals surface area contributed by atoms with E-state index in [4.69, 9.17) is 27.9 Å². The van der Waals surface area contributed by atoms with E-state index < -0.39 is 4.92 Å². The summed E-state index contributed by atoms with van der Waals surface area (Å²) in [6, 6.07) is 11.1. The third-order valence-electron chi connectivity index (χ3n) is 2.41. The Balaban J connectivity index is 2.26. The largest absolute Gasteiger partial charge is 0.456 e. The number of nitrogens with zero attached hydrogens (tertiary/aromatic N) is 1. The summed E-state index contributed by atoms with van der Waals surface area (Å²) in [5, 5.41) is 11.1. The van der Waals surface area contributed by atoms with Gasteiger partial charge < -0.3 is 4.74 Å². The number of nitro benzene ring substituents is 1. The van der Waals surface area contributed by atoms with Gasteiger partial charge in [-0.25, -0.2) is 0 Å². The maximum Gasteiger partial charge on any atom is 0.273 e. The monoisotopic (exact) mass is 297 g/mol. The van der Waals surface area contributed by atoms with Gasteiger partial charge in [-0.15, -0.1) is 11.6 Å². The van der Waals surface area contributed by atoms with E-state index in [1.807, 2.05) is 0 Å². The molecule has 0 spiro atoms. The molecule has 2 aromatic carbocycles. The second-order valence-corrected chi connectivity index (χ2v) is 4.43.